The standard InChI is InChI=1S/C22H24N4O2/c1-17(27)19-8-10-20(11-9-19)24-22(28)12-13-25(2)15-18-14-23-26(16-18)21-6-4-3-5-7-21/h3-11,14,16H,12-13,15H2,1-2H3,(H,24,28). The molecule has 0 spiro atoms. The van der Waals surface area contributed by atoms with Crippen LogP contribution in [0.3, 0.4) is 0 Å². The summed E-state index contributed by atoms with van der Waals surface area (Å²) < 4.78 is 1.85. The van der Waals surface area contributed by atoms with Crippen LogP contribution in [0, 0.1) is 0 Å². The molecule has 0 unspecified atom stereocenters. The lowest BCUT2D eigenvalue weighted by Crippen LogP contribution is -2.23. The van der Waals surface area contributed by atoms with Crippen LogP contribution in [-0.4, -0.2) is 40.0 Å². The number of carbonyl (C=O) groups is 2. The number of benzene rings is 2. The van der Waals surface area contributed by atoms with E-state index in [1.807, 2.05) is 54.5 Å². The number of nitrogens with zero attached hydrogens (tertiary/aromatic N) is 3. The molecule has 1 heterocycles. The van der Waals surface area contributed by atoms with E-state index < -0.39 is 0 Å². The largest absolute Gasteiger partial charge is 0.326 e. The van der Waals surface area contributed by atoms with Crippen LogP contribution in [0.4, 0.5) is 5.69 Å². The highest BCUT2D eigenvalue weighted by molar-refractivity contribution is 5.95. The maximum atomic E-state index is 12.2. The SMILES string of the molecule is CC(=O)c1ccc(NC(=O)CCN(C)Cc2cnn(-c3ccccc3)c2)cc1. The zero-order valence-corrected chi connectivity index (χ0v) is 16.1. The van der Waals surface area contributed by atoms with Gasteiger partial charge < -0.3 is 10.2 Å². The quantitative estimate of drug-likeness (QED) is 0.611. The highest BCUT2D eigenvalue weighted by Gasteiger charge is 2.08. The van der Waals surface area contributed by atoms with Gasteiger partial charge in [0.25, 0.3) is 0 Å². The lowest BCUT2D eigenvalue weighted by molar-refractivity contribution is -0.116. The number of ketones is 1. The van der Waals surface area contributed by atoms with Crippen molar-refractivity contribution < 1.29 is 9.59 Å². The van der Waals surface area contributed by atoms with E-state index in [2.05, 4.69) is 15.3 Å². The Hall–Kier alpha value is -3.25. The van der Waals surface area contributed by atoms with Gasteiger partial charge in [0.05, 0.1) is 11.9 Å². The monoisotopic (exact) mass is 376 g/mol. The van der Waals surface area contributed by atoms with E-state index in [9.17, 15) is 9.59 Å². The van der Waals surface area contributed by atoms with Crippen LogP contribution < -0.4 is 5.32 Å². The van der Waals surface area contributed by atoms with Gasteiger partial charge in [-0.1, -0.05) is 18.2 Å². The third-order valence-corrected chi connectivity index (χ3v) is 4.41. The first-order valence-electron chi connectivity index (χ1n) is 9.19. The lowest BCUT2D eigenvalue weighted by atomic mass is 10.1. The number of aromatic nitrogens is 2. The van der Waals surface area contributed by atoms with Crippen LogP contribution in [0.5, 0.6) is 0 Å². The molecular weight excluding hydrogens is 352 g/mol. The number of hydrogen-bond donors (Lipinski definition) is 1. The second-order valence-corrected chi connectivity index (χ2v) is 6.80. The Labute approximate surface area is 164 Å². The fourth-order valence-electron chi connectivity index (χ4n) is 2.86. The number of rotatable bonds is 8. The number of amides is 1. The molecule has 0 fully saturated rings. The third kappa shape index (κ3) is 5.37. The molecule has 0 aliphatic carbocycles. The molecule has 0 saturated carbocycles. The van der Waals surface area contributed by atoms with Gasteiger partial charge in [0, 0.05) is 42.5 Å². The molecule has 6 nitrogen and oxygen atoms in total. The van der Waals surface area contributed by atoms with Crippen molar-refractivity contribution in [1.82, 2.24) is 14.7 Å². The second kappa shape index (κ2) is 9.10. The number of hydrogen-bond acceptors (Lipinski definition) is 4. The van der Waals surface area contributed by atoms with Crippen LogP contribution in [-0.2, 0) is 11.3 Å². The minimum absolute atomic E-state index is 0.00934. The highest BCUT2D eigenvalue weighted by atomic mass is 16.1. The van der Waals surface area contributed by atoms with E-state index in [1.54, 1.807) is 24.3 Å². The molecular formula is C22H24N4O2. The normalized spacial score (nSPS) is 10.8. The van der Waals surface area contributed by atoms with Crippen molar-refractivity contribution >= 4 is 17.4 Å². The summed E-state index contributed by atoms with van der Waals surface area (Å²) in [6.45, 7) is 2.87. The lowest BCUT2D eigenvalue weighted by Gasteiger charge is -2.15. The van der Waals surface area contributed by atoms with E-state index in [-0.39, 0.29) is 11.7 Å². The van der Waals surface area contributed by atoms with Crippen molar-refractivity contribution in [3.8, 4) is 5.69 Å². The molecule has 3 rings (SSSR count). The Kier molecular flexibility index (Phi) is 6.34. The number of nitrogens with one attached hydrogen (secondary N) is 1. The van der Waals surface area contributed by atoms with Crippen LogP contribution in [0.15, 0.2) is 67.0 Å². The number of Topliss-reactive ketones (excluding diaryl/α,β-unsaturated/α-hetero) is 1. The zero-order chi connectivity index (χ0) is 19.9. The first-order valence-corrected chi connectivity index (χ1v) is 9.19. The molecule has 3 aromatic rings. The van der Waals surface area contributed by atoms with Gasteiger partial charge in [-0.3, -0.25) is 9.59 Å². The Balaban J connectivity index is 1.46. The fourth-order valence-corrected chi connectivity index (χ4v) is 2.86. The third-order valence-electron chi connectivity index (χ3n) is 4.41. The van der Waals surface area contributed by atoms with E-state index in [0.717, 1.165) is 11.3 Å². The molecule has 0 bridgehead atoms. The molecule has 2 aromatic carbocycles. The topological polar surface area (TPSA) is 67.2 Å². The predicted molar refractivity (Wildman–Crippen MR) is 110 cm³/mol. The second-order valence-electron chi connectivity index (χ2n) is 6.80. The summed E-state index contributed by atoms with van der Waals surface area (Å²) in [6, 6.07) is 16.9. The van der Waals surface area contributed by atoms with E-state index >= 15 is 0 Å². The van der Waals surface area contributed by atoms with Crippen molar-refractivity contribution in [2.45, 2.75) is 19.9 Å². The van der Waals surface area contributed by atoms with Gasteiger partial charge in [0.1, 0.15) is 0 Å². The summed E-state index contributed by atoms with van der Waals surface area (Å²) >= 11 is 0. The maximum Gasteiger partial charge on any atom is 0.225 e. The molecule has 144 valence electrons. The number of carbonyl (C=O) groups excluding carboxylic acids is 2. The van der Waals surface area contributed by atoms with Crippen LogP contribution >= 0.6 is 0 Å². The van der Waals surface area contributed by atoms with Crippen molar-refractivity contribution in [2.75, 3.05) is 18.9 Å². The van der Waals surface area contributed by atoms with Gasteiger partial charge in [-0.2, -0.15) is 5.10 Å². The van der Waals surface area contributed by atoms with Crippen molar-refractivity contribution in [3.05, 3.63) is 78.1 Å². The molecule has 1 amide bonds. The van der Waals surface area contributed by atoms with Gasteiger partial charge in [-0.15, -0.1) is 0 Å². The van der Waals surface area contributed by atoms with Gasteiger partial charge in [0.15, 0.2) is 5.78 Å². The van der Waals surface area contributed by atoms with Gasteiger partial charge in [0.2, 0.25) is 5.91 Å². The van der Waals surface area contributed by atoms with Gasteiger partial charge in [-0.25, -0.2) is 4.68 Å². The van der Waals surface area contributed by atoms with E-state index in [1.165, 1.54) is 6.92 Å². The first-order chi connectivity index (χ1) is 13.5. The Morgan fingerprint density at radius 3 is 2.46 bits per heavy atom. The van der Waals surface area contributed by atoms with Crippen molar-refractivity contribution in [3.63, 3.8) is 0 Å². The van der Waals surface area contributed by atoms with Gasteiger partial charge in [-0.05, 0) is 50.4 Å². The molecule has 0 atom stereocenters. The smallest absolute Gasteiger partial charge is 0.225 e. The summed E-state index contributed by atoms with van der Waals surface area (Å²) in [5.74, 6) is -0.0440. The van der Waals surface area contributed by atoms with Crippen molar-refractivity contribution in [1.29, 1.82) is 0 Å². The summed E-state index contributed by atoms with van der Waals surface area (Å²) in [5, 5.41) is 7.26. The zero-order valence-electron chi connectivity index (χ0n) is 16.1. The maximum absolute atomic E-state index is 12.2. The minimum atomic E-state index is -0.0533. The Morgan fingerprint density at radius 2 is 1.79 bits per heavy atom. The molecule has 0 aliphatic rings. The molecule has 0 aliphatic heterocycles. The average Bonchev–Trinajstić information content (AvgIpc) is 3.16. The van der Waals surface area contributed by atoms with Crippen molar-refractivity contribution in [2.24, 2.45) is 0 Å². The van der Waals surface area contributed by atoms with Crippen LogP contribution in [0.25, 0.3) is 5.69 Å². The summed E-state index contributed by atoms with van der Waals surface area (Å²) in [5.41, 5.74) is 3.44. The number of anilines is 1. The predicted octanol–water partition coefficient (Wildman–Crippen LogP) is 3.54. The van der Waals surface area contributed by atoms with E-state index in [4.69, 9.17) is 0 Å². The van der Waals surface area contributed by atoms with Gasteiger partial charge >= 0.3 is 0 Å². The Bertz CT molecular complexity index is 933. The summed E-state index contributed by atoms with van der Waals surface area (Å²) in [6.07, 6.45) is 4.24. The van der Waals surface area contributed by atoms with Crippen LogP contribution in [0.2, 0.25) is 0 Å². The Morgan fingerprint density at radius 1 is 1.07 bits per heavy atom. The number of para-hydroxylation sites is 1. The molecule has 0 radical (unpaired) electrons. The molecule has 1 N–H and O–H groups in total. The average molecular weight is 376 g/mol. The van der Waals surface area contributed by atoms with Crippen LogP contribution in [0.1, 0.15) is 29.3 Å². The molecule has 1 aromatic heterocycles. The van der Waals surface area contributed by atoms with E-state index in [0.29, 0.717) is 30.8 Å². The first kappa shape index (κ1) is 19.5. The highest BCUT2D eigenvalue weighted by Crippen LogP contribution is 2.11. The minimum Gasteiger partial charge on any atom is -0.326 e. The summed E-state index contributed by atoms with van der Waals surface area (Å²) in [4.78, 5) is 25.5. The molecule has 0 saturated heterocycles. The summed E-state index contributed by atoms with van der Waals surface area (Å²) in [7, 11) is 1.98. The molecule has 28 heavy (non-hydrogen) atoms. The molecule has 6 heteroatoms. The fraction of sp³-hybridized carbons (Fsp3) is 0.227.